The van der Waals surface area contributed by atoms with Gasteiger partial charge in [-0.3, -0.25) is 9.20 Å². The Morgan fingerprint density at radius 2 is 1.68 bits per heavy atom. The van der Waals surface area contributed by atoms with E-state index in [-0.39, 0.29) is 24.0 Å². The van der Waals surface area contributed by atoms with Crippen LogP contribution in [0.15, 0.2) is 70.8 Å². The van der Waals surface area contributed by atoms with Crippen LogP contribution in [-0.4, -0.2) is 20.3 Å². The van der Waals surface area contributed by atoms with Crippen LogP contribution in [0.2, 0.25) is 0 Å². The van der Waals surface area contributed by atoms with Crippen molar-refractivity contribution in [2.75, 3.05) is 5.32 Å². The van der Waals surface area contributed by atoms with Crippen molar-refractivity contribution >= 4 is 28.0 Å². The van der Waals surface area contributed by atoms with Crippen molar-refractivity contribution < 1.29 is 18.0 Å². The van der Waals surface area contributed by atoms with E-state index in [1.807, 2.05) is 5.38 Å². The number of hydrogen-bond donors (Lipinski definition) is 1. The number of carbonyl (C=O) groups excluding carboxylic acids is 1. The molecule has 0 atom stereocenters. The molecule has 0 aliphatic rings. The molecule has 5 rings (SSSR count). The Bertz CT molecular complexity index is 1370. The minimum absolute atomic E-state index is 0.0229. The Balaban J connectivity index is 1.38. The first-order chi connectivity index (χ1) is 15.1. The molecule has 0 unspecified atom stereocenters. The number of halogens is 2. The van der Waals surface area contributed by atoms with Crippen molar-refractivity contribution in [1.29, 1.82) is 0 Å². The minimum Gasteiger partial charge on any atom is -0.444 e. The average molecular weight is 436 g/mol. The lowest BCUT2D eigenvalue weighted by atomic mass is 10.1. The maximum Gasteiger partial charge on any atom is 0.231 e. The van der Waals surface area contributed by atoms with Crippen molar-refractivity contribution in [2.24, 2.45) is 0 Å². The van der Waals surface area contributed by atoms with Gasteiger partial charge in [0.1, 0.15) is 29.4 Å². The molecule has 3 heterocycles. The van der Waals surface area contributed by atoms with E-state index in [1.165, 1.54) is 41.9 Å². The van der Waals surface area contributed by atoms with E-state index in [4.69, 9.17) is 4.42 Å². The molecule has 0 fully saturated rings. The molecule has 9 heteroatoms. The maximum atomic E-state index is 13.3. The van der Waals surface area contributed by atoms with E-state index in [0.717, 1.165) is 0 Å². The lowest BCUT2D eigenvalue weighted by Gasteiger charge is -2.06. The van der Waals surface area contributed by atoms with Gasteiger partial charge in [0.2, 0.25) is 11.8 Å². The fraction of sp³-hybridized carbons (Fsp3) is 0.0455. The van der Waals surface area contributed by atoms with Gasteiger partial charge in [-0.25, -0.2) is 18.7 Å². The summed E-state index contributed by atoms with van der Waals surface area (Å²) in [5, 5.41) is 4.74. The van der Waals surface area contributed by atoms with Crippen LogP contribution in [0.4, 0.5) is 14.6 Å². The maximum absolute atomic E-state index is 13.3. The number of fused-ring (bicyclic) bond motifs is 1. The van der Waals surface area contributed by atoms with Crippen molar-refractivity contribution in [3.8, 4) is 22.7 Å². The third-order valence-electron chi connectivity index (χ3n) is 4.62. The van der Waals surface area contributed by atoms with Crippen LogP contribution < -0.4 is 5.32 Å². The van der Waals surface area contributed by atoms with Crippen LogP contribution in [0.25, 0.3) is 27.7 Å². The lowest BCUT2D eigenvalue weighted by Crippen LogP contribution is -2.16. The highest BCUT2D eigenvalue weighted by molar-refractivity contribution is 7.15. The number of carbonyl (C=O) groups is 1. The second-order valence-corrected chi connectivity index (χ2v) is 7.62. The van der Waals surface area contributed by atoms with E-state index >= 15 is 0 Å². The summed E-state index contributed by atoms with van der Waals surface area (Å²) in [4.78, 5) is 22.3. The van der Waals surface area contributed by atoms with Crippen LogP contribution in [0.5, 0.6) is 0 Å². The summed E-state index contributed by atoms with van der Waals surface area (Å²) < 4.78 is 33.6. The van der Waals surface area contributed by atoms with Gasteiger partial charge in [0, 0.05) is 22.7 Å². The van der Waals surface area contributed by atoms with Crippen molar-refractivity contribution in [3.63, 3.8) is 0 Å². The highest BCUT2D eigenvalue weighted by Gasteiger charge is 2.18. The number of rotatable bonds is 5. The summed E-state index contributed by atoms with van der Waals surface area (Å²) in [5.74, 6) is -0.212. The zero-order valence-electron chi connectivity index (χ0n) is 15.9. The number of imidazole rings is 1. The summed E-state index contributed by atoms with van der Waals surface area (Å²) >= 11 is 1.43. The van der Waals surface area contributed by atoms with E-state index in [1.54, 1.807) is 34.9 Å². The topological polar surface area (TPSA) is 72.4 Å². The SMILES string of the molecule is O=C(Cc1coc(-c2ccc(F)cc2)n1)Nc1c(-c2ccc(F)cc2)nc2sccn12. The molecule has 154 valence electrons. The number of anilines is 1. The molecule has 5 aromatic rings. The predicted molar refractivity (Wildman–Crippen MR) is 113 cm³/mol. The molecule has 0 aliphatic heterocycles. The Labute approximate surface area is 178 Å². The summed E-state index contributed by atoms with van der Waals surface area (Å²) in [6, 6.07) is 11.7. The largest absolute Gasteiger partial charge is 0.444 e. The molecule has 0 aliphatic carbocycles. The van der Waals surface area contributed by atoms with Crippen molar-refractivity contribution in [2.45, 2.75) is 6.42 Å². The quantitative estimate of drug-likeness (QED) is 0.412. The molecule has 6 nitrogen and oxygen atoms in total. The summed E-state index contributed by atoms with van der Waals surface area (Å²) in [6.07, 6.45) is 3.18. The highest BCUT2D eigenvalue weighted by atomic mass is 32.1. The van der Waals surface area contributed by atoms with Gasteiger partial charge in [-0.1, -0.05) is 0 Å². The number of thiazole rings is 1. The average Bonchev–Trinajstić information content (AvgIpc) is 3.47. The Kier molecular flexibility index (Phi) is 4.79. The van der Waals surface area contributed by atoms with Crippen molar-refractivity contribution in [3.05, 3.63) is 83.7 Å². The van der Waals surface area contributed by atoms with Crippen LogP contribution >= 0.6 is 11.3 Å². The van der Waals surface area contributed by atoms with E-state index < -0.39 is 0 Å². The fourth-order valence-corrected chi connectivity index (χ4v) is 3.88. The first-order valence-electron chi connectivity index (χ1n) is 9.28. The smallest absolute Gasteiger partial charge is 0.231 e. The molecule has 2 aromatic carbocycles. The first kappa shape index (κ1) is 19.1. The van der Waals surface area contributed by atoms with E-state index in [9.17, 15) is 13.6 Å². The van der Waals surface area contributed by atoms with E-state index in [2.05, 4.69) is 15.3 Å². The van der Waals surface area contributed by atoms with Gasteiger partial charge in [-0.2, -0.15) is 0 Å². The number of nitrogens with zero attached hydrogens (tertiary/aromatic N) is 3. The minimum atomic E-state index is -0.354. The summed E-state index contributed by atoms with van der Waals surface area (Å²) in [5.41, 5.74) is 2.29. The Hall–Kier alpha value is -3.85. The monoisotopic (exact) mass is 436 g/mol. The zero-order valence-corrected chi connectivity index (χ0v) is 16.7. The molecule has 1 amide bonds. The number of aromatic nitrogens is 3. The van der Waals surface area contributed by atoms with Gasteiger partial charge in [0.15, 0.2) is 4.96 Å². The molecular formula is C22H14F2N4O2S. The standard InChI is InChI=1S/C22H14F2N4O2S/c23-15-5-1-13(2-6-15)19-20(28-9-10-31-22(28)27-19)26-18(29)11-17-12-30-21(25-17)14-3-7-16(24)8-4-14/h1-10,12H,11H2,(H,26,29). The zero-order chi connectivity index (χ0) is 21.4. The van der Waals surface area contributed by atoms with Crippen LogP contribution in [0.3, 0.4) is 0 Å². The fourth-order valence-electron chi connectivity index (χ4n) is 3.17. The molecule has 0 radical (unpaired) electrons. The van der Waals surface area contributed by atoms with Crippen LogP contribution in [-0.2, 0) is 11.2 Å². The number of nitrogens with one attached hydrogen (secondary N) is 1. The van der Waals surface area contributed by atoms with E-state index in [0.29, 0.717) is 39.2 Å². The Morgan fingerprint density at radius 3 is 2.39 bits per heavy atom. The summed E-state index contributed by atoms with van der Waals surface area (Å²) in [7, 11) is 0. The van der Waals surface area contributed by atoms with Gasteiger partial charge in [0.25, 0.3) is 0 Å². The first-order valence-corrected chi connectivity index (χ1v) is 10.2. The Morgan fingerprint density at radius 1 is 1.00 bits per heavy atom. The normalized spacial score (nSPS) is 11.2. The lowest BCUT2D eigenvalue weighted by molar-refractivity contribution is -0.115. The van der Waals surface area contributed by atoms with Crippen molar-refractivity contribution in [1.82, 2.24) is 14.4 Å². The number of benzene rings is 2. The molecule has 3 aromatic heterocycles. The molecule has 31 heavy (non-hydrogen) atoms. The van der Waals surface area contributed by atoms with Gasteiger partial charge < -0.3 is 9.73 Å². The predicted octanol–water partition coefficient (Wildman–Crippen LogP) is 5.18. The summed E-state index contributed by atoms with van der Waals surface area (Å²) in [6.45, 7) is 0. The second-order valence-electron chi connectivity index (χ2n) is 6.75. The molecular weight excluding hydrogens is 422 g/mol. The highest BCUT2D eigenvalue weighted by Crippen LogP contribution is 2.31. The van der Waals surface area contributed by atoms with Gasteiger partial charge >= 0.3 is 0 Å². The van der Waals surface area contributed by atoms with Gasteiger partial charge in [-0.05, 0) is 48.5 Å². The second kappa shape index (κ2) is 7.77. The third kappa shape index (κ3) is 3.82. The number of amides is 1. The molecule has 0 saturated heterocycles. The number of hydrogen-bond acceptors (Lipinski definition) is 5. The van der Waals surface area contributed by atoms with Crippen LogP contribution in [0, 0.1) is 11.6 Å². The molecule has 0 bridgehead atoms. The van der Waals surface area contributed by atoms with Gasteiger partial charge in [0.05, 0.1) is 12.1 Å². The molecule has 1 N–H and O–H groups in total. The molecule has 0 spiro atoms. The number of oxazole rings is 1. The molecule has 0 saturated carbocycles. The van der Waals surface area contributed by atoms with Gasteiger partial charge in [-0.15, -0.1) is 11.3 Å². The third-order valence-corrected chi connectivity index (χ3v) is 5.38. The van der Waals surface area contributed by atoms with Crippen LogP contribution in [0.1, 0.15) is 5.69 Å².